The molecule has 112 valence electrons. The number of rotatable bonds is 3. The lowest BCUT2D eigenvalue weighted by atomic mass is 9.93. The van der Waals surface area contributed by atoms with E-state index in [9.17, 15) is 0 Å². The quantitative estimate of drug-likeness (QED) is 0.868. The van der Waals surface area contributed by atoms with E-state index in [4.69, 9.17) is 4.98 Å². The van der Waals surface area contributed by atoms with Crippen LogP contribution in [-0.2, 0) is 0 Å². The molecule has 2 aromatic rings. The highest BCUT2D eigenvalue weighted by atomic mass is 15.1. The number of likely N-dealkylation sites (tertiary alicyclic amines) is 1. The molecule has 1 fully saturated rings. The van der Waals surface area contributed by atoms with Crippen LogP contribution in [0.15, 0.2) is 30.6 Å². The second-order valence-electron chi connectivity index (χ2n) is 6.31. The summed E-state index contributed by atoms with van der Waals surface area (Å²) < 4.78 is 2.11. The molecule has 0 aliphatic carbocycles. The molecule has 1 aliphatic heterocycles. The van der Waals surface area contributed by atoms with Crippen LogP contribution in [0.5, 0.6) is 0 Å². The molecule has 0 saturated carbocycles. The summed E-state index contributed by atoms with van der Waals surface area (Å²) >= 11 is 0. The van der Waals surface area contributed by atoms with Crippen LogP contribution < -0.4 is 0 Å². The van der Waals surface area contributed by atoms with Crippen LogP contribution >= 0.6 is 0 Å². The van der Waals surface area contributed by atoms with Gasteiger partial charge in [-0.15, -0.1) is 0 Å². The SMILES string of the molecule is CC(C)c1nccn1-c1cccc(C2CCN(C)CC2)n1. The van der Waals surface area contributed by atoms with Crippen molar-refractivity contribution in [3.8, 4) is 5.82 Å². The Labute approximate surface area is 126 Å². The van der Waals surface area contributed by atoms with Crippen LogP contribution in [0.2, 0.25) is 0 Å². The van der Waals surface area contributed by atoms with E-state index in [-0.39, 0.29) is 0 Å². The highest BCUT2D eigenvalue weighted by Gasteiger charge is 2.20. The molecule has 0 unspecified atom stereocenters. The zero-order valence-electron chi connectivity index (χ0n) is 13.2. The Morgan fingerprint density at radius 2 is 1.95 bits per heavy atom. The standard InChI is InChI=1S/C17H24N4/c1-13(2)17-18-9-12-21(17)16-6-4-5-15(19-16)14-7-10-20(3)11-8-14/h4-6,9,12-14H,7-8,10-11H2,1-3H3. The molecule has 3 rings (SSSR count). The lowest BCUT2D eigenvalue weighted by Crippen LogP contribution is -2.29. The summed E-state index contributed by atoms with van der Waals surface area (Å²) in [5.74, 6) is 3.05. The highest BCUT2D eigenvalue weighted by Crippen LogP contribution is 2.27. The van der Waals surface area contributed by atoms with Crippen LogP contribution in [0.25, 0.3) is 5.82 Å². The molecule has 0 spiro atoms. The molecule has 1 aliphatic rings. The van der Waals surface area contributed by atoms with Gasteiger partial charge in [-0.05, 0) is 45.1 Å². The lowest BCUT2D eigenvalue weighted by Gasteiger charge is -2.28. The molecular formula is C17H24N4. The number of imidazole rings is 1. The third-order valence-electron chi connectivity index (χ3n) is 4.33. The molecule has 21 heavy (non-hydrogen) atoms. The number of pyridine rings is 1. The van der Waals surface area contributed by atoms with Gasteiger partial charge in [0.1, 0.15) is 11.6 Å². The molecule has 0 bridgehead atoms. The van der Waals surface area contributed by atoms with Crippen molar-refractivity contribution in [3.05, 3.63) is 42.1 Å². The summed E-state index contributed by atoms with van der Waals surface area (Å²) in [5, 5.41) is 0. The summed E-state index contributed by atoms with van der Waals surface area (Å²) in [4.78, 5) is 11.8. The van der Waals surface area contributed by atoms with Crippen LogP contribution in [-0.4, -0.2) is 39.6 Å². The summed E-state index contributed by atoms with van der Waals surface area (Å²) in [6.45, 7) is 6.66. The Hall–Kier alpha value is -1.68. The minimum atomic E-state index is 0.397. The number of piperidine rings is 1. The minimum Gasteiger partial charge on any atom is -0.306 e. The van der Waals surface area contributed by atoms with E-state index in [1.807, 2.05) is 12.4 Å². The van der Waals surface area contributed by atoms with Gasteiger partial charge in [0.2, 0.25) is 0 Å². The first-order valence-corrected chi connectivity index (χ1v) is 7.84. The second-order valence-corrected chi connectivity index (χ2v) is 6.31. The van der Waals surface area contributed by atoms with Crippen LogP contribution in [0.1, 0.15) is 50.0 Å². The average Bonchev–Trinajstić information content (AvgIpc) is 2.98. The Kier molecular flexibility index (Phi) is 4.06. The van der Waals surface area contributed by atoms with Crippen molar-refractivity contribution in [1.29, 1.82) is 0 Å². The molecule has 1 saturated heterocycles. The second kappa shape index (κ2) is 5.98. The first kappa shape index (κ1) is 14.3. The fraction of sp³-hybridized carbons (Fsp3) is 0.529. The highest BCUT2D eigenvalue weighted by molar-refractivity contribution is 5.28. The molecule has 0 radical (unpaired) electrons. The maximum Gasteiger partial charge on any atom is 0.138 e. The zero-order valence-corrected chi connectivity index (χ0v) is 13.2. The zero-order chi connectivity index (χ0) is 14.8. The Balaban J connectivity index is 1.88. The fourth-order valence-corrected chi connectivity index (χ4v) is 3.04. The smallest absolute Gasteiger partial charge is 0.138 e. The van der Waals surface area contributed by atoms with E-state index in [1.54, 1.807) is 0 Å². The van der Waals surface area contributed by atoms with Gasteiger partial charge < -0.3 is 4.90 Å². The molecule has 0 amide bonds. The monoisotopic (exact) mass is 284 g/mol. The molecule has 0 aromatic carbocycles. The fourth-order valence-electron chi connectivity index (χ4n) is 3.04. The van der Waals surface area contributed by atoms with Crippen LogP contribution in [0, 0.1) is 0 Å². The van der Waals surface area contributed by atoms with Crippen molar-refractivity contribution in [3.63, 3.8) is 0 Å². The van der Waals surface area contributed by atoms with Crippen molar-refractivity contribution in [2.24, 2.45) is 0 Å². The number of aromatic nitrogens is 3. The van der Waals surface area contributed by atoms with Crippen molar-refractivity contribution in [1.82, 2.24) is 19.4 Å². The van der Waals surface area contributed by atoms with Gasteiger partial charge in [0.25, 0.3) is 0 Å². The van der Waals surface area contributed by atoms with Crippen molar-refractivity contribution >= 4 is 0 Å². The normalized spacial score (nSPS) is 17.5. The van der Waals surface area contributed by atoms with Gasteiger partial charge in [0.15, 0.2) is 0 Å². The maximum atomic E-state index is 4.91. The maximum absolute atomic E-state index is 4.91. The van der Waals surface area contributed by atoms with Crippen LogP contribution in [0.3, 0.4) is 0 Å². The van der Waals surface area contributed by atoms with Gasteiger partial charge in [-0.1, -0.05) is 19.9 Å². The van der Waals surface area contributed by atoms with Gasteiger partial charge in [0, 0.05) is 29.9 Å². The molecule has 0 N–H and O–H groups in total. The molecule has 2 aromatic heterocycles. The first-order chi connectivity index (χ1) is 10.1. The third kappa shape index (κ3) is 3.00. The van der Waals surface area contributed by atoms with E-state index in [0.717, 1.165) is 11.6 Å². The van der Waals surface area contributed by atoms with Gasteiger partial charge in [-0.3, -0.25) is 4.57 Å². The summed E-state index contributed by atoms with van der Waals surface area (Å²) in [7, 11) is 2.19. The molecule has 0 atom stereocenters. The molecule has 3 heterocycles. The summed E-state index contributed by atoms with van der Waals surface area (Å²) in [6, 6.07) is 6.37. The first-order valence-electron chi connectivity index (χ1n) is 7.84. The summed E-state index contributed by atoms with van der Waals surface area (Å²) in [5.41, 5.74) is 1.23. The van der Waals surface area contributed by atoms with Crippen molar-refractivity contribution < 1.29 is 0 Å². The lowest BCUT2D eigenvalue weighted by molar-refractivity contribution is 0.253. The number of hydrogen-bond donors (Lipinski definition) is 0. The topological polar surface area (TPSA) is 34.0 Å². The van der Waals surface area contributed by atoms with Crippen molar-refractivity contribution in [2.45, 2.75) is 38.5 Å². The van der Waals surface area contributed by atoms with Gasteiger partial charge >= 0.3 is 0 Å². The Morgan fingerprint density at radius 1 is 1.19 bits per heavy atom. The van der Waals surface area contributed by atoms with E-state index in [1.165, 1.54) is 31.6 Å². The third-order valence-corrected chi connectivity index (χ3v) is 4.33. The number of nitrogens with zero attached hydrogens (tertiary/aromatic N) is 4. The van der Waals surface area contributed by atoms with Crippen molar-refractivity contribution in [2.75, 3.05) is 20.1 Å². The van der Waals surface area contributed by atoms with Crippen LogP contribution in [0.4, 0.5) is 0 Å². The van der Waals surface area contributed by atoms with Gasteiger partial charge in [-0.2, -0.15) is 0 Å². The van der Waals surface area contributed by atoms with E-state index in [2.05, 4.69) is 53.5 Å². The Morgan fingerprint density at radius 3 is 2.67 bits per heavy atom. The van der Waals surface area contributed by atoms with Gasteiger partial charge in [0.05, 0.1) is 0 Å². The molecular weight excluding hydrogens is 260 g/mol. The largest absolute Gasteiger partial charge is 0.306 e. The predicted molar refractivity (Wildman–Crippen MR) is 84.9 cm³/mol. The van der Waals surface area contributed by atoms with E-state index >= 15 is 0 Å². The minimum absolute atomic E-state index is 0.397. The Bertz CT molecular complexity index is 594. The molecule has 4 heteroatoms. The summed E-state index contributed by atoms with van der Waals surface area (Å²) in [6.07, 6.45) is 6.27. The van der Waals surface area contributed by atoms with Gasteiger partial charge in [-0.25, -0.2) is 9.97 Å². The van der Waals surface area contributed by atoms with E-state index < -0.39 is 0 Å². The van der Waals surface area contributed by atoms with E-state index in [0.29, 0.717) is 11.8 Å². The average molecular weight is 284 g/mol. The molecule has 4 nitrogen and oxygen atoms in total. The predicted octanol–water partition coefficient (Wildman–Crippen LogP) is 3.20. The number of hydrogen-bond acceptors (Lipinski definition) is 3.